The van der Waals surface area contributed by atoms with Crippen LogP contribution in [0.2, 0.25) is 0 Å². The Kier molecular flexibility index (Phi) is 4.11. The number of hydrogen-bond acceptors (Lipinski definition) is 2. The van der Waals surface area contributed by atoms with Crippen molar-refractivity contribution in [2.24, 2.45) is 23.7 Å². The van der Waals surface area contributed by atoms with Crippen LogP contribution in [0.4, 0.5) is 0 Å². The summed E-state index contributed by atoms with van der Waals surface area (Å²) in [7, 11) is 0. The van der Waals surface area contributed by atoms with E-state index >= 15 is 0 Å². The van der Waals surface area contributed by atoms with E-state index in [-0.39, 0.29) is 11.5 Å². The third-order valence-electron chi connectivity index (χ3n) is 8.24. The van der Waals surface area contributed by atoms with E-state index in [9.17, 15) is 9.90 Å². The van der Waals surface area contributed by atoms with Crippen LogP contribution in [-0.4, -0.2) is 35.1 Å². The third kappa shape index (κ3) is 2.46. The minimum atomic E-state index is -0.0888. The summed E-state index contributed by atoms with van der Waals surface area (Å²) in [6.45, 7) is 1.89. The van der Waals surface area contributed by atoms with Gasteiger partial charge in [0.1, 0.15) is 0 Å². The lowest BCUT2D eigenvalue weighted by Gasteiger charge is -2.63. The molecule has 1 saturated heterocycles. The van der Waals surface area contributed by atoms with Crippen molar-refractivity contribution in [1.29, 1.82) is 0 Å². The first kappa shape index (κ1) is 16.8. The third-order valence-corrected chi connectivity index (χ3v) is 8.24. The molecule has 140 valence electrons. The summed E-state index contributed by atoms with van der Waals surface area (Å²) >= 11 is 0. The van der Waals surface area contributed by atoms with Crippen molar-refractivity contribution in [2.75, 3.05) is 13.1 Å². The number of aliphatic hydroxyl groups is 1. The summed E-state index contributed by atoms with van der Waals surface area (Å²) in [5.41, 5.74) is 1.39. The molecule has 4 bridgehead atoms. The lowest BCUT2D eigenvalue weighted by atomic mass is 9.42. The molecule has 6 rings (SSSR count). The normalized spacial score (nSPS) is 41.4. The average Bonchev–Trinajstić information content (AvgIpc) is 2.67. The van der Waals surface area contributed by atoms with E-state index in [2.05, 4.69) is 35.2 Å². The highest BCUT2D eigenvalue weighted by Crippen LogP contribution is 2.64. The second kappa shape index (κ2) is 6.37. The van der Waals surface area contributed by atoms with Gasteiger partial charge in [-0.05, 0) is 74.2 Å². The number of carbonyl (C=O) groups is 1. The van der Waals surface area contributed by atoms with E-state index in [1.807, 2.05) is 0 Å². The topological polar surface area (TPSA) is 40.5 Å². The Labute approximate surface area is 156 Å². The van der Waals surface area contributed by atoms with Crippen molar-refractivity contribution in [3.05, 3.63) is 35.9 Å². The van der Waals surface area contributed by atoms with Crippen LogP contribution in [0.1, 0.15) is 56.9 Å². The summed E-state index contributed by atoms with van der Waals surface area (Å²) < 4.78 is 0. The van der Waals surface area contributed by atoms with Crippen LogP contribution in [0, 0.1) is 23.7 Å². The summed E-state index contributed by atoms with van der Waals surface area (Å²) in [5.74, 6) is 2.44. The zero-order valence-corrected chi connectivity index (χ0v) is 15.6. The number of nitrogens with zero attached hydrogens (tertiary/aromatic N) is 1. The molecule has 0 radical (unpaired) electrons. The maximum absolute atomic E-state index is 13.3. The van der Waals surface area contributed by atoms with Gasteiger partial charge < -0.3 is 10.0 Å². The standard InChI is InChI=1S/C23H31NO2/c25-21(24-9-5-2-6-10-24)15-23(18-7-3-1-4-8-18)19-11-16-12-20(23)14-17(13-19)22(16)26/h1,3-4,7-8,16-17,19-20,22,26H,2,5-6,9-15H2. The second-order valence-electron chi connectivity index (χ2n) is 9.37. The van der Waals surface area contributed by atoms with Gasteiger partial charge in [-0.15, -0.1) is 0 Å². The summed E-state index contributed by atoms with van der Waals surface area (Å²) in [6.07, 6.45) is 8.61. The number of amides is 1. The molecule has 1 aromatic rings. The van der Waals surface area contributed by atoms with Crippen LogP contribution in [0.5, 0.6) is 0 Å². The molecule has 3 heteroatoms. The molecule has 26 heavy (non-hydrogen) atoms. The van der Waals surface area contributed by atoms with Gasteiger partial charge in [0.05, 0.1) is 6.10 Å². The van der Waals surface area contributed by atoms with Crippen LogP contribution in [0.3, 0.4) is 0 Å². The van der Waals surface area contributed by atoms with Crippen molar-refractivity contribution in [1.82, 2.24) is 4.90 Å². The van der Waals surface area contributed by atoms with Gasteiger partial charge in [-0.2, -0.15) is 0 Å². The molecule has 1 N–H and O–H groups in total. The van der Waals surface area contributed by atoms with Gasteiger partial charge in [-0.1, -0.05) is 30.3 Å². The Bertz CT molecular complexity index is 634. The second-order valence-corrected chi connectivity index (χ2v) is 9.37. The fourth-order valence-corrected chi connectivity index (χ4v) is 7.08. The average molecular weight is 354 g/mol. The van der Waals surface area contributed by atoms with Gasteiger partial charge in [0, 0.05) is 24.9 Å². The van der Waals surface area contributed by atoms with Crippen molar-refractivity contribution in [3.8, 4) is 0 Å². The Morgan fingerprint density at radius 3 is 2.12 bits per heavy atom. The van der Waals surface area contributed by atoms with Crippen LogP contribution >= 0.6 is 0 Å². The molecule has 0 unspecified atom stereocenters. The number of aliphatic hydroxyl groups excluding tert-OH is 1. The highest BCUT2D eigenvalue weighted by molar-refractivity contribution is 5.78. The molecule has 1 aliphatic heterocycles. The minimum absolute atomic E-state index is 0.00291. The highest BCUT2D eigenvalue weighted by Gasteiger charge is 2.61. The molecule has 5 fully saturated rings. The molecule has 1 amide bonds. The van der Waals surface area contributed by atoms with Crippen LogP contribution < -0.4 is 0 Å². The zero-order valence-electron chi connectivity index (χ0n) is 15.6. The number of hydrogen-bond donors (Lipinski definition) is 1. The van der Waals surface area contributed by atoms with Gasteiger partial charge in [0.15, 0.2) is 0 Å². The summed E-state index contributed by atoms with van der Waals surface area (Å²) in [5, 5.41) is 10.6. The van der Waals surface area contributed by atoms with Crippen LogP contribution in [-0.2, 0) is 10.2 Å². The van der Waals surface area contributed by atoms with Crippen molar-refractivity contribution < 1.29 is 9.90 Å². The maximum Gasteiger partial charge on any atom is 0.223 e. The van der Waals surface area contributed by atoms with E-state index in [0.29, 0.717) is 36.0 Å². The number of carbonyl (C=O) groups excluding carboxylic acids is 1. The number of benzene rings is 1. The SMILES string of the molecule is O=C(CC1(c2ccccc2)C2CC3CC1CC(C2)C3O)N1CCCCC1. The van der Waals surface area contributed by atoms with Crippen molar-refractivity contribution in [2.45, 2.75) is 62.9 Å². The smallest absolute Gasteiger partial charge is 0.223 e. The van der Waals surface area contributed by atoms with Crippen molar-refractivity contribution in [3.63, 3.8) is 0 Å². The molecule has 5 aliphatic rings. The molecular formula is C23H31NO2. The van der Waals surface area contributed by atoms with E-state index in [4.69, 9.17) is 0 Å². The Hall–Kier alpha value is -1.35. The maximum atomic E-state index is 13.3. The Morgan fingerprint density at radius 1 is 0.962 bits per heavy atom. The minimum Gasteiger partial charge on any atom is -0.393 e. The molecule has 0 aromatic heterocycles. The number of likely N-dealkylation sites (tertiary alicyclic amines) is 1. The van der Waals surface area contributed by atoms with Crippen LogP contribution in [0.25, 0.3) is 0 Å². The first-order valence-corrected chi connectivity index (χ1v) is 10.7. The Morgan fingerprint density at radius 2 is 1.54 bits per heavy atom. The molecule has 3 nitrogen and oxygen atoms in total. The fourth-order valence-electron chi connectivity index (χ4n) is 7.08. The molecule has 1 aromatic carbocycles. The monoisotopic (exact) mass is 353 g/mol. The lowest BCUT2D eigenvalue weighted by molar-refractivity contribution is -0.153. The number of rotatable bonds is 3. The highest BCUT2D eigenvalue weighted by atomic mass is 16.3. The van der Waals surface area contributed by atoms with Gasteiger partial charge in [-0.25, -0.2) is 0 Å². The predicted octanol–water partition coefficient (Wildman–Crippen LogP) is 3.75. The molecule has 1 heterocycles. The predicted molar refractivity (Wildman–Crippen MR) is 102 cm³/mol. The van der Waals surface area contributed by atoms with E-state index in [1.165, 1.54) is 12.0 Å². The molecule has 0 spiro atoms. The molecule has 4 aliphatic carbocycles. The molecule has 0 atom stereocenters. The van der Waals surface area contributed by atoms with E-state index < -0.39 is 0 Å². The summed E-state index contributed by atoms with van der Waals surface area (Å²) in [6, 6.07) is 10.9. The van der Waals surface area contributed by atoms with Crippen LogP contribution in [0.15, 0.2) is 30.3 Å². The zero-order chi connectivity index (χ0) is 17.7. The lowest BCUT2D eigenvalue weighted by Crippen LogP contribution is -2.61. The first-order chi connectivity index (χ1) is 12.7. The van der Waals surface area contributed by atoms with Gasteiger partial charge in [-0.3, -0.25) is 4.79 Å². The largest absolute Gasteiger partial charge is 0.393 e. The van der Waals surface area contributed by atoms with Gasteiger partial charge >= 0.3 is 0 Å². The van der Waals surface area contributed by atoms with Gasteiger partial charge in [0.2, 0.25) is 5.91 Å². The molecule has 4 saturated carbocycles. The summed E-state index contributed by atoms with van der Waals surface area (Å²) in [4.78, 5) is 15.4. The number of piperidine rings is 1. The van der Waals surface area contributed by atoms with Gasteiger partial charge in [0.25, 0.3) is 0 Å². The van der Waals surface area contributed by atoms with E-state index in [0.717, 1.165) is 51.6 Å². The van der Waals surface area contributed by atoms with E-state index in [1.54, 1.807) is 0 Å². The molecular weight excluding hydrogens is 322 g/mol. The van der Waals surface area contributed by atoms with Crippen molar-refractivity contribution >= 4 is 5.91 Å². The first-order valence-electron chi connectivity index (χ1n) is 10.7. The quantitative estimate of drug-likeness (QED) is 0.899. The Balaban J connectivity index is 1.50. The fraction of sp³-hybridized carbons (Fsp3) is 0.696.